The molecule has 0 atom stereocenters. The summed E-state index contributed by atoms with van der Waals surface area (Å²) < 4.78 is 5.03. The van der Waals surface area contributed by atoms with Crippen molar-refractivity contribution in [1.82, 2.24) is 4.98 Å². The van der Waals surface area contributed by atoms with Crippen LogP contribution in [0.5, 0.6) is 5.75 Å². The molecule has 17 heavy (non-hydrogen) atoms. The third-order valence-corrected chi connectivity index (χ3v) is 2.45. The molecule has 4 nitrogen and oxygen atoms in total. The molecule has 4 heteroatoms. The van der Waals surface area contributed by atoms with Crippen molar-refractivity contribution in [3.8, 4) is 5.75 Å². The molecule has 1 aromatic carbocycles. The fourth-order valence-electron chi connectivity index (χ4n) is 1.49. The van der Waals surface area contributed by atoms with E-state index in [0.717, 1.165) is 0 Å². The SMILES string of the molecule is COc1ccc(C(=O)c2cnccc2N)cc1. The maximum atomic E-state index is 12.1. The summed E-state index contributed by atoms with van der Waals surface area (Å²) in [6, 6.07) is 8.48. The van der Waals surface area contributed by atoms with Crippen molar-refractivity contribution in [1.29, 1.82) is 0 Å². The highest BCUT2D eigenvalue weighted by Crippen LogP contribution is 2.17. The molecular formula is C13H12N2O2. The van der Waals surface area contributed by atoms with Crippen molar-refractivity contribution >= 4 is 11.5 Å². The van der Waals surface area contributed by atoms with E-state index in [1.54, 1.807) is 43.6 Å². The first-order chi connectivity index (χ1) is 8.22. The molecule has 0 radical (unpaired) electrons. The second-order valence-electron chi connectivity index (χ2n) is 3.52. The molecule has 0 saturated carbocycles. The molecule has 0 spiro atoms. The Kier molecular flexibility index (Phi) is 3.05. The predicted molar refractivity (Wildman–Crippen MR) is 65.1 cm³/mol. The van der Waals surface area contributed by atoms with Crippen LogP contribution in [-0.2, 0) is 0 Å². The number of carbonyl (C=O) groups excluding carboxylic acids is 1. The van der Waals surface area contributed by atoms with Crippen LogP contribution in [0.15, 0.2) is 42.7 Å². The molecule has 0 aliphatic rings. The molecule has 1 heterocycles. The van der Waals surface area contributed by atoms with Gasteiger partial charge in [-0.15, -0.1) is 0 Å². The maximum absolute atomic E-state index is 12.1. The summed E-state index contributed by atoms with van der Waals surface area (Å²) in [5.41, 5.74) is 7.14. The maximum Gasteiger partial charge on any atom is 0.196 e. The summed E-state index contributed by atoms with van der Waals surface area (Å²) >= 11 is 0. The highest BCUT2D eigenvalue weighted by atomic mass is 16.5. The van der Waals surface area contributed by atoms with Gasteiger partial charge in [0.15, 0.2) is 5.78 Å². The van der Waals surface area contributed by atoms with E-state index in [9.17, 15) is 4.79 Å². The minimum Gasteiger partial charge on any atom is -0.497 e. The van der Waals surface area contributed by atoms with Crippen LogP contribution in [0.25, 0.3) is 0 Å². The summed E-state index contributed by atoms with van der Waals surface area (Å²) in [4.78, 5) is 16.0. The second kappa shape index (κ2) is 4.65. The lowest BCUT2D eigenvalue weighted by molar-refractivity contribution is 0.103. The Morgan fingerprint density at radius 2 is 1.94 bits per heavy atom. The van der Waals surface area contributed by atoms with Gasteiger partial charge in [0.1, 0.15) is 5.75 Å². The third-order valence-electron chi connectivity index (χ3n) is 2.45. The van der Waals surface area contributed by atoms with E-state index in [1.165, 1.54) is 6.20 Å². The highest BCUT2D eigenvalue weighted by Gasteiger charge is 2.12. The summed E-state index contributed by atoms with van der Waals surface area (Å²) in [6.07, 6.45) is 3.03. The Hall–Kier alpha value is -2.36. The van der Waals surface area contributed by atoms with Crippen LogP contribution in [0, 0.1) is 0 Å². The zero-order valence-electron chi connectivity index (χ0n) is 9.38. The fourth-order valence-corrected chi connectivity index (χ4v) is 1.49. The lowest BCUT2D eigenvalue weighted by atomic mass is 10.0. The van der Waals surface area contributed by atoms with E-state index < -0.39 is 0 Å². The molecule has 0 amide bonds. The van der Waals surface area contributed by atoms with Crippen LogP contribution in [0.4, 0.5) is 5.69 Å². The third kappa shape index (κ3) is 2.25. The van der Waals surface area contributed by atoms with E-state index in [-0.39, 0.29) is 5.78 Å². The summed E-state index contributed by atoms with van der Waals surface area (Å²) in [5, 5.41) is 0. The van der Waals surface area contributed by atoms with E-state index in [0.29, 0.717) is 22.6 Å². The first-order valence-electron chi connectivity index (χ1n) is 5.10. The molecule has 0 aliphatic heterocycles. The van der Waals surface area contributed by atoms with E-state index in [1.807, 2.05) is 0 Å². The summed E-state index contributed by atoms with van der Waals surface area (Å²) in [5.74, 6) is 0.568. The van der Waals surface area contributed by atoms with Gasteiger partial charge in [-0.2, -0.15) is 0 Å². The van der Waals surface area contributed by atoms with Gasteiger partial charge in [0.2, 0.25) is 0 Å². The molecule has 86 valence electrons. The number of carbonyl (C=O) groups is 1. The van der Waals surface area contributed by atoms with Gasteiger partial charge in [0.25, 0.3) is 0 Å². The average Bonchev–Trinajstić information content (AvgIpc) is 2.39. The van der Waals surface area contributed by atoms with Crippen molar-refractivity contribution in [2.45, 2.75) is 0 Å². The second-order valence-corrected chi connectivity index (χ2v) is 3.52. The van der Waals surface area contributed by atoms with E-state index in [2.05, 4.69) is 4.98 Å². The lowest BCUT2D eigenvalue weighted by Crippen LogP contribution is -2.05. The van der Waals surface area contributed by atoms with Gasteiger partial charge < -0.3 is 10.5 Å². The smallest absolute Gasteiger partial charge is 0.196 e. The number of hydrogen-bond acceptors (Lipinski definition) is 4. The molecule has 0 fully saturated rings. The molecule has 0 saturated heterocycles. The molecule has 0 unspecified atom stereocenters. The average molecular weight is 228 g/mol. The number of nitrogen functional groups attached to an aromatic ring is 1. The molecule has 2 rings (SSSR count). The van der Waals surface area contributed by atoms with Crippen molar-refractivity contribution in [2.24, 2.45) is 0 Å². The molecule has 0 bridgehead atoms. The van der Waals surface area contributed by atoms with Crippen LogP contribution in [-0.4, -0.2) is 17.9 Å². The summed E-state index contributed by atoms with van der Waals surface area (Å²) in [7, 11) is 1.58. The van der Waals surface area contributed by atoms with Crippen LogP contribution in [0.2, 0.25) is 0 Å². The molecule has 2 aromatic rings. The van der Waals surface area contributed by atoms with E-state index >= 15 is 0 Å². The largest absolute Gasteiger partial charge is 0.497 e. The lowest BCUT2D eigenvalue weighted by Gasteiger charge is -2.04. The van der Waals surface area contributed by atoms with Gasteiger partial charge in [-0.25, -0.2) is 0 Å². The Morgan fingerprint density at radius 1 is 1.24 bits per heavy atom. The van der Waals surface area contributed by atoms with Crippen LogP contribution < -0.4 is 10.5 Å². The molecular weight excluding hydrogens is 216 g/mol. The number of ketones is 1. The number of nitrogens with zero attached hydrogens (tertiary/aromatic N) is 1. The number of hydrogen-bond donors (Lipinski definition) is 1. The zero-order chi connectivity index (χ0) is 12.3. The number of nitrogens with two attached hydrogens (primary N) is 1. The number of methoxy groups -OCH3 is 1. The number of pyridine rings is 1. The van der Waals surface area contributed by atoms with Gasteiger partial charge in [0.05, 0.1) is 12.7 Å². The Labute approximate surface area is 99.1 Å². The minimum absolute atomic E-state index is 0.141. The Morgan fingerprint density at radius 3 is 2.53 bits per heavy atom. The Bertz CT molecular complexity index is 535. The number of ether oxygens (including phenoxy) is 1. The minimum atomic E-state index is -0.141. The van der Waals surface area contributed by atoms with Crippen molar-refractivity contribution in [3.05, 3.63) is 53.9 Å². The van der Waals surface area contributed by atoms with Crippen LogP contribution >= 0.6 is 0 Å². The number of anilines is 1. The van der Waals surface area contributed by atoms with Gasteiger partial charge >= 0.3 is 0 Å². The highest BCUT2D eigenvalue weighted by molar-refractivity contribution is 6.11. The standard InChI is InChI=1S/C13H12N2O2/c1-17-10-4-2-9(3-5-10)13(16)11-8-15-7-6-12(11)14/h2-8H,1H3,(H2,14,15). The van der Waals surface area contributed by atoms with E-state index in [4.69, 9.17) is 10.5 Å². The number of aromatic nitrogens is 1. The normalized spacial score (nSPS) is 9.94. The number of benzene rings is 1. The molecule has 0 aliphatic carbocycles. The zero-order valence-corrected chi connectivity index (χ0v) is 9.38. The van der Waals surface area contributed by atoms with Gasteiger partial charge in [-0.3, -0.25) is 9.78 Å². The molecule has 2 N–H and O–H groups in total. The van der Waals surface area contributed by atoms with Gasteiger partial charge in [-0.1, -0.05) is 0 Å². The van der Waals surface area contributed by atoms with Crippen molar-refractivity contribution < 1.29 is 9.53 Å². The quantitative estimate of drug-likeness (QED) is 0.815. The molecule has 1 aromatic heterocycles. The predicted octanol–water partition coefficient (Wildman–Crippen LogP) is 1.90. The van der Waals surface area contributed by atoms with Gasteiger partial charge in [0, 0.05) is 23.6 Å². The topological polar surface area (TPSA) is 65.2 Å². The first-order valence-corrected chi connectivity index (χ1v) is 5.10. The monoisotopic (exact) mass is 228 g/mol. The van der Waals surface area contributed by atoms with Crippen LogP contribution in [0.1, 0.15) is 15.9 Å². The van der Waals surface area contributed by atoms with Crippen molar-refractivity contribution in [2.75, 3.05) is 12.8 Å². The first kappa shape index (κ1) is 11.1. The van der Waals surface area contributed by atoms with Gasteiger partial charge in [-0.05, 0) is 30.3 Å². The Balaban J connectivity index is 2.34. The summed E-state index contributed by atoms with van der Waals surface area (Å²) in [6.45, 7) is 0. The van der Waals surface area contributed by atoms with Crippen molar-refractivity contribution in [3.63, 3.8) is 0 Å². The number of rotatable bonds is 3. The fraction of sp³-hybridized carbons (Fsp3) is 0.0769. The van der Waals surface area contributed by atoms with Crippen LogP contribution in [0.3, 0.4) is 0 Å².